The Morgan fingerprint density at radius 2 is 2.00 bits per heavy atom. The SMILES string of the molecule is COc1ccc(CN(C)C(=O)CC[C@@H]2NC(=O)NC2=O)c(OC)c1. The first-order chi connectivity index (χ1) is 11.4. The highest BCUT2D eigenvalue weighted by Gasteiger charge is 2.29. The molecule has 1 aromatic rings. The first-order valence-electron chi connectivity index (χ1n) is 7.50. The molecule has 0 saturated carbocycles. The van der Waals surface area contributed by atoms with Crippen LogP contribution in [0.25, 0.3) is 0 Å². The van der Waals surface area contributed by atoms with Gasteiger partial charge in [-0.1, -0.05) is 0 Å². The Bertz CT molecular complexity index is 647. The summed E-state index contributed by atoms with van der Waals surface area (Å²) in [6, 6.07) is 4.23. The number of methoxy groups -OCH3 is 2. The summed E-state index contributed by atoms with van der Waals surface area (Å²) in [5.41, 5.74) is 0.848. The first kappa shape index (κ1) is 17.6. The molecule has 1 fully saturated rings. The van der Waals surface area contributed by atoms with Crippen molar-refractivity contribution in [1.82, 2.24) is 15.5 Å². The molecule has 0 aromatic heterocycles. The standard InChI is InChI=1S/C16H21N3O5/c1-19(9-10-4-5-11(23-2)8-13(10)24-3)14(20)7-6-12-15(21)18-16(22)17-12/h4-5,8,12H,6-7,9H2,1-3H3,(H2,17,18,21,22)/t12-/m0/s1. The van der Waals surface area contributed by atoms with Crippen LogP contribution in [0.3, 0.4) is 0 Å². The maximum atomic E-state index is 12.2. The predicted octanol–water partition coefficient (Wildman–Crippen LogP) is 0.650. The number of carbonyl (C=O) groups is 3. The number of urea groups is 1. The number of hydrogen-bond donors (Lipinski definition) is 2. The quantitative estimate of drug-likeness (QED) is 0.713. The zero-order chi connectivity index (χ0) is 17.7. The van der Waals surface area contributed by atoms with E-state index in [4.69, 9.17) is 9.47 Å². The van der Waals surface area contributed by atoms with E-state index < -0.39 is 18.0 Å². The van der Waals surface area contributed by atoms with E-state index in [1.165, 1.54) is 0 Å². The minimum Gasteiger partial charge on any atom is -0.497 e. The van der Waals surface area contributed by atoms with Gasteiger partial charge in [0.25, 0.3) is 5.91 Å². The Kier molecular flexibility index (Phi) is 5.62. The summed E-state index contributed by atoms with van der Waals surface area (Å²) in [6.45, 7) is 0.370. The van der Waals surface area contributed by atoms with Gasteiger partial charge < -0.3 is 19.7 Å². The molecule has 1 heterocycles. The minimum absolute atomic E-state index is 0.123. The van der Waals surface area contributed by atoms with Gasteiger partial charge in [0.15, 0.2) is 0 Å². The molecule has 130 valence electrons. The first-order valence-corrected chi connectivity index (χ1v) is 7.50. The van der Waals surface area contributed by atoms with Crippen molar-refractivity contribution in [1.29, 1.82) is 0 Å². The minimum atomic E-state index is -0.648. The van der Waals surface area contributed by atoms with Gasteiger partial charge >= 0.3 is 6.03 Å². The summed E-state index contributed by atoms with van der Waals surface area (Å²) in [5.74, 6) is 0.790. The maximum absolute atomic E-state index is 12.2. The fourth-order valence-corrected chi connectivity index (χ4v) is 2.45. The maximum Gasteiger partial charge on any atom is 0.322 e. The monoisotopic (exact) mass is 335 g/mol. The molecule has 0 spiro atoms. The molecule has 0 radical (unpaired) electrons. The second-order valence-corrected chi connectivity index (χ2v) is 5.48. The highest BCUT2D eigenvalue weighted by Crippen LogP contribution is 2.25. The topological polar surface area (TPSA) is 97.0 Å². The smallest absolute Gasteiger partial charge is 0.322 e. The van der Waals surface area contributed by atoms with E-state index >= 15 is 0 Å². The Labute approximate surface area is 140 Å². The van der Waals surface area contributed by atoms with E-state index in [1.807, 2.05) is 6.07 Å². The van der Waals surface area contributed by atoms with Crippen LogP contribution in [-0.2, 0) is 16.1 Å². The van der Waals surface area contributed by atoms with Crippen molar-refractivity contribution >= 4 is 17.8 Å². The average Bonchev–Trinajstić information content (AvgIpc) is 2.90. The fourth-order valence-electron chi connectivity index (χ4n) is 2.45. The van der Waals surface area contributed by atoms with Gasteiger partial charge in [-0.3, -0.25) is 14.9 Å². The molecule has 0 aliphatic carbocycles. The molecule has 1 aromatic carbocycles. The number of benzene rings is 1. The number of amides is 4. The molecule has 1 aliphatic heterocycles. The van der Waals surface area contributed by atoms with Gasteiger partial charge in [0.2, 0.25) is 5.91 Å². The average molecular weight is 335 g/mol. The second kappa shape index (κ2) is 7.67. The van der Waals surface area contributed by atoms with Gasteiger partial charge in [-0.2, -0.15) is 0 Å². The molecular formula is C16H21N3O5. The van der Waals surface area contributed by atoms with Gasteiger partial charge in [0.05, 0.1) is 14.2 Å². The number of rotatable bonds is 7. The normalized spacial score (nSPS) is 16.4. The van der Waals surface area contributed by atoms with Crippen molar-refractivity contribution in [3.8, 4) is 11.5 Å². The Morgan fingerprint density at radius 3 is 2.58 bits per heavy atom. The third-order valence-corrected chi connectivity index (χ3v) is 3.83. The Hall–Kier alpha value is -2.77. The zero-order valence-corrected chi connectivity index (χ0v) is 13.9. The molecule has 1 saturated heterocycles. The molecule has 8 heteroatoms. The lowest BCUT2D eigenvalue weighted by molar-refractivity contribution is -0.130. The highest BCUT2D eigenvalue weighted by molar-refractivity contribution is 6.04. The van der Waals surface area contributed by atoms with Crippen molar-refractivity contribution < 1.29 is 23.9 Å². The second-order valence-electron chi connectivity index (χ2n) is 5.48. The molecule has 2 N–H and O–H groups in total. The number of imide groups is 1. The van der Waals surface area contributed by atoms with E-state index in [1.54, 1.807) is 38.3 Å². The number of nitrogens with zero attached hydrogens (tertiary/aromatic N) is 1. The van der Waals surface area contributed by atoms with Crippen LogP contribution in [0.15, 0.2) is 18.2 Å². The summed E-state index contributed by atoms with van der Waals surface area (Å²) in [4.78, 5) is 36.3. The summed E-state index contributed by atoms with van der Waals surface area (Å²) in [5, 5.41) is 4.62. The van der Waals surface area contributed by atoms with Crippen molar-refractivity contribution in [2.75, 3.05) is 21.3 Å². The van der Waals surface area contributed by atoms with Crippen LogP contribution in [0, 0.1) is 0 Å². The van der Waals surface area contributed by atoms with E-state index in [0.717, 1.165) is 5.56 Å². The van der Waals surface area contributed by atoms with Crippen LogP contribution >= 0.6 is 0 Å². The number of nitrogens with one attached hydrogen (secondary N) is 2. The molecular weight excluding hydrogens is 314 g/mol. The van der Waals surface area contributed by atoms with Gasteiger partial charge in [0.1, 0.15) is 17.5 Å². The van der Waals surface area contributed by atoms with Crippen LogP contribution in [0.5, 0.6) is 11.5 Å². The predicted molar refractivity (Wildman–Crippen MR) is 85.7 cm³/mol. The zero-order valence-electron chi connectivity index (χ0n) is 13.9. The van der Waals surface area contributed by atoms with Crippen molar-refractivity contribution in [3.05, 3.63) is 23.8 Å². The highest BCUT2D eigenvalue weighted by atomic mass is 16.5. The summed E-state index contributed by atoms with van der Waals surface area (Å²) < 4.78 is 10.5. The van der Waals surface area contributed by atoms with E-state index in [-0.39, 0.29) is 18.7 Å². The van der Waals surface area contributed by atoms with Gasteiger partial charge in [-0.05, 0) is 18.6 Å². The summed E-state index contributed by atoms with van der Waals surface area (Å²) >= 11 is 0. The third-order valence-electron chi connectivity index (χ3n) is 3.83. The van der Waals surface area contributed by atoms with Crippen LogP contribution < -0.4 is 20.1 Å². The van der Waals surface area contributed by atoms with Gasteiger partial charge in [0, 0.05) is 31.6 Å². The largest absolute Gasteiger partial charge is 0.497 e. The molecule has 1 atom stereocenters. The summed E-state index contributed by atoms with van der Waals surface area (Å²) in [7, 11) is 4.81. The van der Waals surface area contributed by atoms with Crippen LogP contribution in [0.2, 0.25) is 0 Å². The number of ether oxygens (including phenoxy) is 2. The Balaban J connectivity index is 1.92. The van der Waals surface area contributed by atoms with E-state index in [9.17, 15) is 14.4 Å². The number of hydrogen-bond acceptors (Lipinski definition) is 5. The molecule has 24 heavy (non-hydrogen) atoms. The van der Waals surface area contributed by atoms with Crippen molar-refractivity contribution in [2.45, 2.75) is 25.4 Å². The lowest BCUT2D eigenvalue weighted by Gasteiger charge is -2.20. The fraction of sp³-hybridized carbons (Fsp3) is 0.438. The number of carbonyl (C=O) groups excluding carboxylic acids is 3. The van der Waals surface area contributed by atoms with Crippen LogP contribution in [0.4, 0.5) is 4.79 Å². The molecule has 8 nitrogen and oxygen atoms in total. The van der Waals surface area contributed by atoms with Crippen LogP contribution in [0.1, 0.15) is 18.4 Å². The van der Waals surface area contributed by atoms with E-state index in [2.05, 4.69) is 10.6 Å². The Morgan fingerprint density at radius 1 is 1.25 bits per heavy atom. The molecule has 1 aliphatic rings. The van der Waals surface area contributed by atoms with Crippen LogP contribution in [-0.4, -0.2) is 50.1 Å². The lowest BCUT2D eigenvalue weighted by atomic mass is 10.1. The summed E-state index contributed by atoms with van der Waals surface area (Å²) in [6.07, 6.45) is 0.424. The molecule has 0 bridgehead atoms. The van der Waals surface area contributed by atoms with Crippen molar-refractivity contribution in [2.24, 2.45) is 0 Å². The van der Waals surface area contributed by atoms with Gasteiger partial charge in [-0.25, -0.2) is 4.79 Å². The molecule has 2 rings (SSSR count). The van der Waals surface area contributed by atoms with E-state index in [0.29, 0.717) is 18.0 Å². The molecule has 4 amide bonds. The molecule has 0 unspecified atom stereocenters. The lowest BCUT2D eigenvalue weighted by Crippen LogP contribution is -2.32. The third kappa shape index (κ3) is 4.15. The van der Waals surface area contributed by atoms with Crippen molar-refractivity contribution in [3.63, 3.8) is 0 Å². The van der Waals surface area contributed by atoms with Gasteiger partial charge in [-0.15, -0.1) is 0 Å².